The van der Waals surface area contributed by atoms with E-state index < -0.39 is 0 Å². The molecule has 2 rings (SSSR count). The fourth-order valence-corrected chi connectivity index (χ4v) is 1.71. The molecular formula is C9H10BrN. The van der Waals surface area contributed by atoms with Crippen LogP contribution in [-0.4, -0.2) is 4.98 Å². The van der Waals surface area contributed by atoms with Crippen molar-refractivity contribution in [2.45, 2.75) is 25.2 Å². The van der Waals surface area contributed by atoms with E-state index in [9.17, 15) is 0 Å². The predicted octanol–water partition coefficient (Wildman–Crippen LogP) is 3.11. The average molecular weight is 212 g/mol. The van der Waals surface area contributed by atoms with E-state index >= 15 is 0 Å². The van der Waals surface area contributed by atoms with Crippen LogP contribution in [0.15, 0.2) is 22.8 Å². The van der Waals surface area contributed by atoms with E-state index in [0.29, 0.717) is 0 Å². The van der Waals surface area contributed by atoms with Gasteiger partial charge in [0.2, 0.25) is 0 Å². The summed E-state index contributed by atoms with van der Waals surface area (Å²) < 4.78 is 0.960. The summed E-state index contributed by atoms with van der Waals surface area (Å²) in [5.41, 5.74) is 1.26. The Morgan fingerprint density at radius 1 is 1.36 bits per heavy atom. The standard InChI is InChI=1S/C9H10BrN/c10-9-6-2-5-8(11-9)7-3-1-4-7/h2,5-7H,1,3-4H2. The maximum atomic E-state index is 4.41. The van der Waals surface area contributed by atoms with Crippen LogP contribution in [0.2, 0.25) is 0 Å². The molecular weight excluding hydrogens is 202 g/mol. The molecule has 0 unspecified atom stereocenters. The lowest BCUT2D eigenvalue weighted by Crippen LogP contribution is -2.10. The molecule has 0 radical (unpaired) electrons. The van der Waals surface area contributed by atoms with E-state index in [1.54, 1.807) is 0 Å². The van der Waals surface area contributed by atoms with Crippen LogP contribution < -0.4 is 0 Å². The number of hydrogen-bond acceptors (Lipinski definition) is 1. The van der Waals surface area contributed by atoms with Crippen molar-refractivity contribution in [3.8, 4) is 0 Å². The molecule has 1 aromatic heterocycles. The van der Waals surface area contributed by atoms with Gasteiger partial charge in [0.1, 0.15) is 4.60 Å². The molecule has 0 aliphatic heterocycles. The number of rotatable bonds is 1. The molecule has 2 heteroatoms. The Bertz CT molecular complexity index is 255. The SMILES string of the molecule is Brc1cccc(C2CCC2)n1. The van der Waals surface area contributed by atoms with Crippen molar-refractivity contribution >= 4 is 15.9 Å². The number of hydrogen-bond donors (Lipinski definition) is 0. The molecule has 58 valence electrons. The van der Waals surface area contributed by atoms with Gasteiger partial charge in [-0.15, -0.1) is 0 Å². The molecule has 1 fully saturated rings. The molecule has 1 nitrogen and oxygen atoms in total. The smallest absolute Gasteiger partial charge is 0.106 e. The monoisotopic (exact) mass is 211 g/mol. The van der Waals surface area contributed by atoms with Gasteiger partial charge in [-0.25, -0.2) is 4.98 Å². The lowest BCUT2D eigenvalue weighted by molar-refractivity contribution is 0.411. The zero-order valence-corrected chi connectivity index (χ0v) is 7.84. The van der Waals surface area contributed by atoms with E-state index in [2.05, 4.69) is 33.0 Å². The van der Waals surface area contributed by atoms with Gasteiger partial charge in [0.15, 0.2) is 0 Å². The van der Waals surface area contributed by atoms with Crippen LogP contribution in [0.5, 0.6) is 0 Å². The molecule has 1 aromatic rings. The Morgan fingerprint density at radius 2 is 2.18 bits per heavy atom. The van der Waals surface area contributed by atoms with Gasteiger partial charge in [0, 0.05) is 11.6 Å². The van der Waals surface area contributed by atoms with Gasteiger partial charge in [0.25, 0.3) is 0 Å². The van der Waals surface area contributed by atoms with Crippen molar-refractivity contribution in [3.63, 3.8) is 0 Å². The van der Waals surface area contributed by atoms with Gasteiger partial charge < -0.3 is 0 Å². The molecule has 1 aliphatic rings. The van der Waals surface area contributed by atoms with Gasteiger partial charge in [0.05, 0.1) is 0 Å². The lowest BCUT2D eigenvalue weighted by atomic mass is 9.83. The number of pyridine rings is 1. The van der Waals surface area contributed by atoms with Gasteiger partial charge in [-0.1, -0.05) is 12.5 Å². The highest BCUT2D eigenvalue weighted by Gasteiger charge is 2.20. The van der Waals surface area contributed by atoms with Crippen LogP contribution in [0, 0.1) is 0 Å². The highest BCUT2D eigenvalue weighted by atomic mass is 79.9. The molecule has 0 spiro atoms. The number of aromatic nitrogens is 1. The Morgan fingerprint density at radius 3 is 2.73 bits per heavy atom. The largest absolute Gasteiger partial charge is 0.246 e. The molecule has 0 bridgehead atoms. The first-order valence-electron chi connectivity index (χ1n) is 3.99. The maximum absolute atomic E-state index is 4.41. The van der Waals surface area contributed by atoms with E-state index in [1.807, 2.05) is 6.07 Å². The van der Waals surface area contributed by atoms with Crippen molar-refractivity contribution in [1.29, 1.82) is 0 Å². The minimum atomic E-state index is 0.743. The van der Waals surface area contributed by atoms with Crippen molar-refractivity contribution < 1.29 is 0 Å². The second-order valence-electron chi connectivity index (χ2n) is 3.01. The Labute approximate surface area is 75.0 Å². The van der Waals surface area contributed by atoms with Gasteiger partial charge in [-0.2, -0.15) is 0 Å². The second-order valence-corrected chi connectivity index (χ2v) is 3.83. The fourth-order valence-electron chi connectivity index (χ4n) is 1.36. The molecule has 0 aromatic carbocycles. The van der Waals surface area contributed by atoms with Gasteiger partial charge in [-0.3, -0.25) is 0 Å². The zero-order chi connectivity index (χ0) is 7.68. The quantitative estimate of drug-likeness (QED) is 0.651. The van der Waals surface area contributed by atoms with Crippen molar-refractivity contribution in [2.75, 3.05) is 0 Å². The summed E-state index contributed by atoms with van der Waals surface area (Å²) in [4.78, 5) is 4.41. The third-order valence-electron chi connectivity index (χ3n) is 2.26. The Balaban J connectivity index is 2.23. The average Bonchev–Trinajstić information content (AvgIpc) is 1.83. The highest BCUT2D eigenvalue weighted by Crippen LogP contribution is 2.35. The highest BCUT2D eigenvalue weighted by molar-refractivity contribution is 9.10. The molecule has 1 saturated carbocycles. The van der Waals surface area contributed by atoms with Gasteiger partial charge in [-0.05, 0) is 40.9 Å². The first-order valence-corrected chi connectivity index (χ1v) is 4.78. The summed E-state index contributed by atoms with van der Waals surface area (Å²) in [5, 5.41) is 0. The maximum Gasteiger partial charge on any atom is 0.106 e. The molecule has 0 atom stereocenters. The van der Waals surface area contributed by atoms with E-state index in [0.717, 1.165) is 10.5 Å². The normalized spacial score (nSPS) is 17.9. The van der Waals surface area contributed by atoms with E-state index in [-0.39, 0.29) is 0 Å². The Kier molecular flexibility index (Phi) is 1.95. The van der Waals surface area contributed by atoms with Crippen molar-refractivity contribution in [2.24, 2.45) is 0 Å². The van der Waals surface area contributed by atoms with Crippen LogP contribution >= 0.6 is 15.9 Å². The molecule has 1 heterocycles. The zero-order valence-electron chi connectivity index (χ0n) is 6.26. The molecule has 0 N–H and O–H groups in total. The lowest BCUT2D eigenvalue weighted by Gasteiger charge is -2.24. The first-order chi connectivity index (χ1) is 5.36. The summed E-state index contributed by atoms with van der Waals surface area (Å²) >= 11 is 3.37. The fraction of sp³-hybridized carbons (Fsp3) is 0.444. The summed E-state index contributed by atoms with van der Waals surface area (Å²) in [6.07, 6.45) is 4.02. The van der Waals surface area contributed by atoms with Crippen molar-refractivity contribution in [1.82, 2.24) is 4.98 Å². The Hall–Kier alpha value is -0.370. The van der Waals surface area contributed by atoms with Crippen molar-refractivity contribution in [3.05, 3.63) is 28.5 Å². The molecule has 0 saturated heterocycles. The minimum Gasteiger partial charge on any atom is -0.246 e. The second kappa shape index (κ2) is 2.94. The first kappa shape index (κ1) is 7.29. The number of nitrogens with zero attached hydrogens (tertiary/aromatic N) is 1. The topological polar surface area (TPSA) is 12.9 Å². The van der Waals surface area contributed by atoms with Crippen LogP contribution in [0.25, 0.3) is 0 Å². The summed E-state index contributed by atoms with van der Waals surface area (Å²) in [7, 11) is 0. The third-order valence-corrected chi connectivity index (χ3v) is 2.70. The van der Waals surface area contributed by atoms with Crippen LogP contribution in [-0.2, 0) is 0 Å². The number of halogens is 1. The van der Waals surface area contributed by atoms with E-state index in [4.69, 9.17) is 0 Å². The van der Waals surface area contributed by atoms with Crippen LogP contribution in [0.1, 0.15) is 30.9 Å². The summed E-state index contributed by atoms with van der Waals surface area (Å²) in [6, 6.07) is 6.15. The molecule has 11 heavy (non-hydrogen) atoms. The van der Waals surface area contributed by atoms with Gasteiger partial charge >= 0.3 is 0 Å². The third kappa shape index (κ3) is 1.45. The summed E-state index contributed by atoms with van der Waals surface area (Å²) in [5.74, 6) is 0.743. The molecule has 1 aliphatic carbocycles. The van der Waals surface area contributed by atoms with Crippen LogP contribution in [0.3, 0.4) is 0 Å². The molecule has 0 amide bonds. The minimum absolute atomic E-state index is 0.743. The van der Waals surface area contributed by atoms with Crippen LogP contribution in [0.4, 0.5) is 0 Å². The summed E-state index contributed by atoms with van der Waals surface area (Å²) in [6.45, 7) is 0. The van der Waals surface area contributed by atoms with E-state index in [1.165, 1.54) is 25.0 Å². The predicted molar refractivity (Wildman–Crippen MR) is 48.5 cm³/mol.